The van der Waals surface area contributed by atoms with Crippen molar-refractivity contribution in [2.75, 3.05) is 26.4 Å². The summed E-state index contributed by atoms with van der Waals surface area (Å²) in [6, 6.07) is 3.98. The number of carbonyl (C=O) groups is 1. The number of carbonyl (C=O) groups excluding carboxylic acids is 1. The number of ether oxygens (including phenoxy) is 1. The minimum atomic E-state index is -0.0880. The molecule has 2 rings (SSSR count). The second kappa shape index (κ2) is 8.23. The molecule has 0 unspecified atom stereocenters. The zero-order valence-electron chi connectivity index (χ0n) is 11.8. The third-order valence-corrected chi connectivity index (χ3v) is 4.92. The lowest BCUT2D eigenvalue weighted by Crippen LogP contribution is -2.25. The summed E-state index contributed by atoms with van der Waals surface area (Å²) >= 11 is 3.04. The van der Waals surface area contributed by atoms with Crippen LogP contribution >= 0.6 is 22.7 Å². The number of aliphatic hydroxyl groups is 1. The highest BCUT2D eigenvalue weighted by Crippen LogP contribution is 2.30. The Morgan fingerprint density at radius 1 is 1.48 bits per heavy atom. The van der Waals surface area contributed by atoms with Gasteiger partial charge in [0.1, 0.15) is 9.88 Å². The second-order valence-electron chi connectivity index (χ2n) is 4.36. The van der Waals surface area contributed by atoms with E-state index in [-0.39, 0.29) is 12.5 Å². The summed E-state index contributed by atoms with van der Waals surface area (Å²) in [6.07, 6.45) is 0.724. The molecule has 0 aromatic carbocycles. The molecule has 2 aromatic heterocycles. The van der Waals surface area contributed by atoms with Gasteiger partial charge in [0, 0.05) is 13.2 Å². The molecule has 0 fully saturated rings. The van der Waals surface area contributed by atoms with E-state index in [4.69, 9.17) is 9.84 Å². The number of hydrogen-bond acceptors (Lipinski definition) is 6. The van der Waals surface area contributed by atoms with Crippen LogP contribution in [0, 0.1) is 6.92 Å². The first-order valence-electron chi connectivity index (χ1n) is 6.70. The molecule has 0 bridgehead atoms. The van der Waals surface area contributed by atoms with E-state index < -0.39 is 0 Å². The molecule has 0 saturated carbocycles. The first kappa shape index (κ1) is 16.1. The van der Waals surface area contributed by atoms with Gasteiger partial charge in [0.05, 0.1) is 23.8 Å². The first-order chi connectivity index (χ1) is 10.2. The Balaban J connectivity index is 1.85. The third-order valence-electron chi connectivity index (χ3n) is 2.72. The maximum absolute atomic E-state index is 12.1. The number of amides is 1. The Labute approximate surface area is 131 Å². The van der Waals surface area contributed by atoms with E-state index in [1.807, 2.05) is 24.4 Å². The molecule has 7 heteroatoms. The summed E-state index contributed by atoms with van der Waals surface area (Å²) in [7, 11) is 0. The molecule has 2 heterocycles. The van der Waals surface area contributed by atoms with Gasteiger partial charge in [-0.15, -0.1) is 22.7 Å². The number of rotatable bonds is 8. The van der Waals surface area contributed by atoms with Crippen molar-refractivity contribution in [2.24, 2.45) is 0 Å². The minimum absolute atomic E-state index is 0.0257. The largest absolute Gasteiger partial charge is 0.394 e. The molecule has 5 nitrogen and oxygen atoms in total. The van der Waals surface area contributed by atoms with Crippen LogP contribution in [0.25, 0.3) is 9.88 Å². The van der Waals surface area contributed by atoms with Crippen LogP contribution < -0.4 is 5.32 Å². The average molecular weight is 326 g/mol. The van der Waals surface area contributed by atoms with Crippen LogP contribution in [0.15, 0.2) is 17.5 Å². The van der Waals surface area contributed by atoms with E-state index in [0.717, 1.165) is 22.0 Å². The molecular formula is C14H18N2O3S2. The van der Waals surface area contributed by atoms with Crippen molar-refractivity contribution in [3.05, 3.63) is 28.1 Å². The SMILES string of the molecule is Cc1nc(-c2cccs2)sc1C(=O)NCCCOCCO. The van der Waals surface area contributed by atoms with E-state index in [1.54, 1.807) is 11.3 Å². The molecule has 1 amide bonds. The van der Waals surface area contributed by atoms with Crippen molar-refractivity contribution in [1.29, 1.82) is 0 Å². The van der Waals surface area contributed by atoms with Crippen LogP contribution in [0.5, 0.6) is 0 Å². The molecule has 21 heavy (non-hydrogen) atoms. The quantitative estimate of drug-likeness (QED) is 0.730. The van der Waals surface area contributed by atoms with E-state index >= 15 is 0 Å². The van der Waals surface area contributed by atoms with Gasteiger partial charge in [-0.2, -0.15) is 0 Å². The number of aryl methyl sites for hydroxylation is 1. The Bertz CT molecular complexity index is 567. The lowest BCUT2D eigenvalue weighted by molar-refractivity contribution is 0.0869. The van der Waals surface area contributed by atoms with Crippen molar-refractivity contribution in [3.63, 3.8) is 0 Å². The van der Waals surface area contributed by atoms with Gasteiger partial charge in [-0.1, -0.05) is 6.07 Å². The zero-order valence-corrected chi connectivity index (χ0v) is 13.4. The number of nitrogens with one attached hydrogen (secondary N) is 1. The van der Waals surface area contributed by atoms with E-state index in [2.05, 4.69) is 10.3 Å². The van der Waals surface area contributed by atoms with Crippen LogP contribution in [0.3, 0.4) is 0 Å². The number of nitrogens with zero attached hydrogens (tertiary/aromatic N) is 1. The Morgan fingerprint density at radius 2 is 2.33 bits per heavy atom. The van der Waals surface area contributed by atoms with E-state index in [0.29, 0.717) is 24.6 Å². The van der Waals surface area contributed by atoms with Crippen molar-refractivity contribution in [3.8, 4) is 9.88 Å². The summed E-state index contributed by atoms with van der Waals surface area (Å²) in [5.41, 5.74) is 0.762. The van der Waals surface area contributed by atoms with Crippen molar-refractivity contribution < 1.29 is 14.6 Å². The summed E-state index contributed by atoms with van der Waals surface area (Å²) in [5, 5.41) is 14.3. The topological polar surface area (TPSA) is 71.5 Å². The fourth-order valence-electron chi connectivity index (χ4n) is 1.74. The third kappa shape index (κ3) is 4.60. The van der Waals surface area contributed by atoms with Gasteiger partial charge in [-0.05, 0) is 24.8 Å². The van der Waals surface area contributed by atoms with Gasteiger partial charge >= 0.3 is 0 Å². The highest BCUT2D eigenvalue weighted by molar-refractivity contribution is 7.22. The van der Waals surface area contributed by atoms with Crippen molar-refractivity contribution in [2.45, 2.75) is 13.3 Å². The maximum Gasteiger partial charge on any atom is 0.263 e. The predicted octanol–water partition coefficient (Wildman–Crippen LogP) is 2.31. The number of thiazole rings is 1. The molecule has 0 aliphatic rings. The van der Waals surface area contributed by atoms with E-state index in [1.165, 1.54) is 11.3 Å². The van der Waals surface area contributed by atoms with Gasteiger partial charge in [-0.3, -0.25) is 4.79 Å². The molecule has 0 radical (unpaired) electrons. The van der Waals surface area contributed by atoms with Gasteiger partial charge in [0.2, 0.25) is 0 Å². The normalized spacial score (nSPS) is 10.8. The minimum Gasteiger partial charge on any atom is -0.394 e. The van der Waals surface area contributed by atoms with Crippen LogP contribution in [-0.2, 0) is 4.74 Å². The van der Waals surface area contributed by atoms with Crippen LogP contribution in [-0.4, -0.2) is 42.4 Å². The predicted molar refractivity (Wildman–Crippen MR) is 85.0 cm³/mol. The van der Waals surface area contributed by atoms with Crippen LogP contribution in [0.2, 0.25) is 0 Å². The lowest BCUT2D eigenvalue weighted by atomic mass is 10.3. The smallest absolute Gasteiger partial charge is 0.263 e. The fraction of sp³-hybridized carbons (Fsp3) is 0.429. The highest BCUT2D eigenvalue weighted by Gasteiger charge is 2.16. The monoisotopic (exact) mass is 326 g/mol. The highest BCUT2D eigenvalue weighted by atomic mass is 32.1. The van der Waals surface area contributed by atoms with Crippen LogP contribution in [0.1, 0.15) is 21.8 Å². The molecule has 114 valence electrons. The molecule has 2 N–H and O–H groups in total. The second-order valence-corrected chi connectivity index (χ2v) is 6.30. The maximum atomic E-state index is 12.1. The van der Waals surface area contributed by atoms with Crippen molar-refractivity contribution in [1.82, 2.24) is 10.3 Å². The summed E-state index contributed by atoms with van der Waals surface area (Å²) in [5.74, 6) is -0.0880. The van der Waals surface area contributed by atoms with Crippen molar-refractivity contribution >= 4 is 28.6 Å². The molecule has 0 saturated heterocycles. The van der Waals surface area contributed by atoms with E-state index in [9.17, 15) is 4.79 Å². The Morgan fingerprint density at radius 3 is 3.05 bits per heavy atom. The first-order valence-corrected chi connectivity index (χ1v) is 8.40. The molecular weight excluding hydrogens is 308 g/mol. The fourth-order valence-corrected chi connectivity index (χ4v) is 3.52. The van der Waals surface area contributed by atoms with Gasteiger partial charge in [0.25, 0.3) is 5.91 Å². The number of hydrogen-bond donors (Lipinski definition) is 2. The molecule has 2 aromatic rings. The Kier molecular flexibility index (Phi) is 6.31. The molecule has 0 atom stereocenters. The van der Waals surface area contributed by atoms with Gasteiger partial charge < -0.3 is 15.2 Å². The van der Waals surface area contributed by atoms with Gasteiger partial charge in [-0.25, -0.2) is 4.98 Å². The molecule has 0 aliphatic heterocycles. The summed E-state index contributed by atoms with van der Waals surface area (Å²) in [6.45, 7) is 3.30. The number of aliphatic hydroxyl groups excluding tert-OH is 1. The summed E-state index contributed by atoms with van der Waals surface area (Å²) < 4.78 is 5.14. The number of thiophene rings is 1. The lowest BCUT2D eigenvalue weighted by Gasteiger charge is -2.04. The molecule has 0 spiro atoms. The van der Waals surface area contributed by atoms with Crippen LogP contribution in [0.4, 0.5) is 0 Å². The standard InChI is InChI=1S/C14H18N2O3S2/c1-10-12(13(18)15-5-3-7-19-8-6-17)21-14(16-10)11-4-2-9-20-11/h2,4,9,17H,3,5-8H2,1H3,(H,15,18). The summed E-state index contributed by atoms with van der Waals surface area (Å²) in [4.78, 5) is 18.3. The number of aromatic nitrogens is 1. The van der Waals surface area contributed by atoms with Gasteiger partial charge in [0.15, 0.2) is 0 Å². The zero-order chi connectivity index (χ0) is 15.1. The Hall–Kier alpha value is -1.28. The average Bonchev–Trinajstić information content (AvgIpc) is 3.11. The molecule has 0 aliphatic carbocycles.